The van der Waals surface area contributed by atoms with E-state index in [-0.39, 0.29) is 5.78 Å². The first-order valence-corrected chi connectivity index (χ1v) is 9.62. The smallest absolute Gasteiger partial charge is 0.182 e. The molecular formula is C21H25NO3S. The molecule has 5 heteroatoms. The molecule has 1 fully saturated rings. The second-order valence-electron chi connectivity index (χ2n) is 6.79. The van der Waals surface area contributed by atoms with E-state index < -0.39 is 5.54 Å². The van der Waals surface area contributed by atoms with Crippen LogP contribution in [0.2, 0.25) is 0 Å². The van der Waals surface area contributed by atoms with E-state index in [0.29, 0.717) is 13.2 Å². The number of hydrogen-bond acceptors (Lipinski definition) is 5. The molecule has 0 amide bonds. The lowest BCUT2D eigenvalue weighted by molar-refractivity contribution is -0.00430. The van der Waals surface area contributed by atoms with E-state index in [1.807, 2.05) is 62.4 Å². The molecule has 2 aromatic carbocycles. The minimum absolute atomic E-state index is 0.153. The predicted octanol–water partition coefficient (Wildman–Crippen LogP) is 4.14. The van der Waals surface area contributed by atoms with E-state index >= 15 is 0 Å². The number of hydrogen-bond donors (Lipinski definition) is 0. The Kier molecular flexibility index (Phi) is 6.01. The lowest BCUT2D eigenvalue weighted by Gasteiger charge is -2.39. The van der Waals surface area contributed by atoms with Gasteiger partial charge in [0.2, 0.25) is 0 Å². The molecule has 0 N–H and O–H groups in total. The summed E-state index contributed by atoms with van der Waals surface area (Å²) in [5.74, 6) is 1.00. The van der Waals surface area contributed by atoms with E-state index in [1.165, 1.54) is 0 Å². The zero-order valence-electron chi connectivity index (χ0n) is 15.5. The Hall–Kier alpha value is -1.82. The van der Waals surface area contributed by atoms with Crippen LogP contribution in [0.1, 0.15) is 24.2 Å². The Bertz CT molecular complexity index is 735. The topological polar surface area (TPSA) is 38.8 Å². The van der Waals surface area contributed by atoms with Gasteiger partial charge in [0.25, 0.3) is 0 Å². The van der Waals surface area contributed by atoms with Crippen LogP contribution in [0, 0.1) is 0 Å². The average molecular weight is 372 g/mol. The predicted molar refractivity (Wildman–Crippen MR) is 104 cm³/mol. The summed E-state index contributed by atoms with van der Waals surface area (Å²) in [6.07, 6.45) is 0. The van der Waals surface area contributed by atoms with Crippen molar-refractivity contribution in [2.75, 3.05) is 33.4 Å². The van der Waals surface area contributed by atoms with Crippen molar-refractivity contribution in [3.63, 3.8) is 0 Å². The van der Waals surface area contributed by atoms with Gasteiger partial charge in [-0.05, 0) is 50.2 Å². The summed E-state index contributed by atoms with van der Waals surface area (Å²) in [7, 11) is 1.66. The average Bonchev–Trinajstić information content (AvgIpc) is 2.69. The van der Waals surface area contributed by atoms with E-state index in [1.54, 1.807) is 18.9 Å². The summed E-state index contributed by atoms with van der Waals surface area (Å²) in [5.41, 5.74) is 0.231. The largest absolute Gasteiger partial charge is 0.497 e. The normalized spacial score (nSPS) is 15.7. The molecule has 4 nitrogen and oxygen atoms in total. The Labute approximate surface area is 159 Å². The van der Waals surface area contributed by atoms with E-state index in [0.717, 1.165) is 34.2 Å². The van der Waals surface area contributed by atoms with E-state index in [2.05, 4.69) is 4.90 Å². The summed E-state index contributed by atoms with van der Waals surface area (Å²) in [4.78, 5) is 17.5. The van der Waals surface area contributed by atoms with Gasteiger partial charge in [-0.25, -0.2) is 0 Å². The summed E-state index contributed by atoms with van der Waals surface area (Å²) in [6.45, 7) is 6.97. The van der Waals surface area contributed by atoms with Crippen molar-refractivity contribution in [3.8, 4) is 5.75 Å². The maximum Gasteiger partial charge on any atom is 0.182 e. The lowest BCUT2D eigenvalue weighted by Crippen LogP contribution is -2.54. The number of carbonyl (C=O) groups is 1. The first-order chi connectivity index (χ1) is 12.5. The van der Waals surface area contributed by atoms with Gasteiger partial charge in [-0.3, -0.25) is 9.69 Å². The molecule has 26 heavy (non-hydrogen) atoms. The van der Waals surface area contributed by atoms with Crippen LogP contribution in [-0.4, -0.2) is 49.6 Å². The van der Waals surface area contributed by atoms with Gasteiger partial charge in [-0.15, -0.1) is 0 Å². The SMILES string of the molecule is COc1ccc(Sc2ccc(C(=O)C(C)(C)N3CCOCC3)cc2)cc1. The molecule has 0 bridgehead atoms. The molecule has 1 saturated heterocycles. The van der Waals surface area contributed by atoms with Crippen molar-refractivity contribution in [1.82, 2.24) is 4.90 Å². The highest BCUT2D eigenvalue weighted by Gasteiger charge is 2.35. The van der Waals surface area contributed by atoms with Gasteiger partial charge in [-0.1, -0.05) is 23.9 Å². The zero-order chi connectivity index (χ0) is 18.6. The minimum Gasteiger partial charge on any atom is -0.497 e. The van der Waals surface area contributed by atoms with E-state index in [4.69, 9.17) is 9.47 Å². The van der Waals surface area contributed by atoms with Crippen molar-refractivity contribution in [1.29, 1.82) is 0 Å². The minimum atomic E-state index is -0.519. The number of ether oxygens (including phenoxy) is 2. The van der Waals surface area contributed by atoms with Crippen LogP contribution in [0.4, 0.5) is 0 Å². The standard InChI is InChI=1S/C21H25NO3S/c1-21(2,22-12-14-25-15-13-22)20(23)16-4-8-18(9-5-16)26-19-10-6-17(24-3)7-11-19/h4-11H,12-15H2,1-3H3. The number of carbonyl (C=O) groups excluding carboxylic acids is 1. The molecule has 1 heterocycles. The first-order valence-electron chi connectivity index (χ1n) is 8.80. The molecule has 0 atom stereocenters. The van der Waals surface area contributed by atoms with E-state index in [9.17, 15) is 4.79 Å². The first kappa shape index (κ1) is 19.0. The molecule has 138 valence electrons. The maximum absolute atomic E-state index is 13.0. The fourth-order valence-electron chi connectivity index (χ4n) is 3.07. The highest BCUT2D eigenvalue weighted by Crippen LogP contribution is 2.30. The fourth-order valence-corrected chi connectivity index (χ4v) is 3.89. The molecule has 0 radical (unpaired) electrons. The number of benzene rings is 2. The Morgan fingerprint density at radius 1 is 1.00 bits per heavy atom. The fraction of sp³-hybridized carbons (Fsp3) is 0.381. The van der Waals surface area contributed by atoms with Crippen LogP contribution in [0.15, 0.2) is 58.3 Å². The Morgan fingerprint density at radius 3 is 2.08 bits per heavy atom. The number of rotatable bonds is 6. The van der Waals surface area contributed by atoms with Crippen LogP contribution < -0.4 is 4.74 Å². The summed E-state index contributed by atoms with van der Waals surface area (Å²) >= 11 is 1.67. The van der Waals surface area contributed by atoms with Crippen LogP contribution in [-0.2, 0) is 4.74 Å². The van der Waals surface area contributed by atoms with Gasteiger partial charge in [0.15, 0.2) is 5.78 Å². The monoisotopic (exact) mass is 371 g/mol. The number of nitrogens with zero attached hydrogens (tertiary/aromatic N) is 1. The number of morpholine rings is 1. The van der Waals surface area contributed by atoms with Crippen LogP contribution >= 0.6 is 11.8 Å². The van der Waals surface area contributed by atoms with Gasteiger partial charge in [0, 0.05) is 28.4 Å². The number of methoxy groups -OCH3 is 1. The molecule has 2 aromatic rings. The van der Waals surface area contributed by atoms with Crippen LogP contribution in [0.5, 0.6) is 5.75 Å². The highest BCUT2D eigenvalue weighted by molar-refractivity contribution is 7.99. The zero-order valence-corrected chi connectivity index (χ0v) is 16.3. The quantitative estimate of drug-likeness (QED) is 0.714. The third kappa shape index (κ3) is 4.29. The molecule has 0 unspecified atom stereocenters. The molecule has 0 aromatic heterocycles. The molecular weight excluding hydrogens is 346 g/mol. The second kappa shape index (κ2) is 8.25. The van der Waals surface area contributed by atoms with Gasteiger partial charge < -0.3 is 9.47 Å². The van der Waals surface area contributed by atoms with Crippen molar-refractivity contribution < 1.29 is 14.3 Å². The molecule has 0 saturated carbocycles. The Morgan fingerprint density at radius 2 is 1.54 bits per heavy atom. The van der Waals surface area contributed by atoms with Crippen molar-refractivity contribution in [3.05, 3.63) is 54.1 Å². The maximum atomic E-state index is 13.0. The van der Waals surface area contributed by atoms with Gasteiger partial charge in [-0.2, -0.15) is 0 Å². The third-order valence-electron chi connectivity index (χ3n) is 4.77. The van der Waals surface area contributed by atoms with Gasteiger partial charge in [0.05, 0.1) is 25.9 Å². The summed E-state index contributed by atoms with van der Waals surface area (Å²) in [5, 5.41) is 0. The molecule has 0 spiro atoms. The number of ketones is 1. The van der Waals surface area contributed by atoms with Gasteiger partial charge in [0.1, 0.15) is 5.75 Å². The summed E-state index contributed by atoms with van der Waals surface area (Å²) < 4.78 is 10.6. The molecule has 1 aliphatic heterocycles. The highest BCUT2D eigenvalue weighted by atomic mass is 32.2. The van der Waals surface area contributed by atoms with Crippen molar-refractivity contribution in [2.24, 2.45) is 0 Å². The number of Topliss-reactive ketones (excluding diaryl/α,β-unsaturated/α-hetero) is 1. The molecule has 3 rings (SSSR count). The molecule has 0 aliphatic carbocycles. The molecule has 1 aliphatic rings. The third-order valence-corrected chi connectivity index (χ3v) is 5.78. The van der Waals surface area contributed by atoms with Crippen LogP contribution in [0.3, 0.4) is 0 Å². The van der Waals surface area contributed by atoms with Crippen LogP contribution in [0.25, 0.3) is 0 Å². The van der Waals surface area contributed by atoms with Crippen molar-refractivity contribution >= 4 is 17.5 Å². The second-order valence-corrected chi connectivity index (χ2v) is 7.94. The van der Waals surface area contributed by atoms with Gasteiger partial charge >= 0.3 is 0 Å². The van der Waals surface area contributed by atoms with Crippen molar-refractivity contribution in [2.45, 2.75) is 29.2 Å². The lowest BCUT2D eigenvalue weighted by atomic mass is 9.91. The Balaban J connectivity index is 1.68. The summed E-state index contributed by atoms with van der Waals surface area (Å²) in [6, 6.07) is 15.8.